The molecule has 0 radical (unpaired) electrons. The highest BCUT2D eigenvalue weighted by atomic mass is 19.1. The summed E-state index contributed by atoms with van der Waals surface area (Å²) in [5.41, 5.74) is 7.62. The van der Waals surface area contributed by atoms with Crippen LogP contribution in [0.5, 0.6) is 0 Å². The van der Waals surface area contributed by atoms with E-state index in [0.29, 0.717) is 34.1 Å². The van der Waals surface area contributed by atoms with Gasteiger partial charge in [0.15, 0.2) is 5.65 Å². The van der Waals surface area contributed by atoms with Crippen molar-refractivity contribution in [3.63, 3.8) is 0 Å². The Labute approximate surface area is 186 Å². The van der Waals surface area contributed by atoms with E-state index >= 15 is 0 Å². The van der Waals surface area contributed by atoms with Crippen molar-refractivity contribution in [2.24, 2.45) is 7.05 Å². The molecule has 32 heavy (non-hydrogen) atoms. The average molecular weight is 441 g/mol. The normalized spacial score (nSPS) is 18.5. The number of morpholine rings is 1. The fourth-order valence-electron chi connectivity index (χ4n) is 4.37. The molecule has 0 spiro atoms. The third kappa shape index (κ3) is 4.13. The summed E-state index contributed by atoms with van der Waals surface area (Å²) in [6.07, 6.45) is 0. The van der Waals surface area contributed by atoms with Crippen LogP contribution in [0.2, 0.25) is 0 Å². The van der Waals surface area contributed by atoms with Crippen molar-refractivity contribution in [3.8, 4) is 11.3 Å². The maximum Gasteiger partial charge on any atom is 0.228 e. The van der Waals surface area contributed by atoms with Crippen LogP contribution in [-0.4, -0.2) is 95.1 Å². The quantitative estimate of drug-likeness (QED) is 0.633. The van der Waals surface area contributed by atoms with E-state index in [1.165, 1.54) is 6.07 Å². The summed E-state index contributed by atoms with van der Waals surface area (Å²) < 4.78 is 21.6. The first-order chi connectivity index (χ1) is 15.6. The van der Waals surface area contributed by atoms with Gasteiger partial charge in [-0.2, -0.15) is 10.1 Å². The number of nitrogens with two attached hydrogens (primary N) is 1. The van der Waals surface area contributed by atoms with Crippen molar-refractivity contribution in [2.45, 2.75) is 0 Å². The molecule has 10 heteroatoms. The molecule has 0 aliphatic carbocycles. The van der Waals surface area contributed by atoms with Crippen molar-refractivity contribution < 1.29 is 9.13 Å². The van der Waals surface area contributed by atoms with Gasteiger partial charge in [0.25, 0.3) is 0 Å². The van der Waals surface area contributed by atoms with Gasteiger partial charge in [0.2, 0.25) is 5.95 Å². The van der Waals surface area contributed by atoms with E-state index in [9.17, 15) is 4.39 Å². The number of nitrogen functional groups attached to an aromatic ring is 1. The van der Waals surface area contributed by atoms with Gasteiger partial charge in [-0.3, -0.25) is 14.5 Å². The molecule has 2 N–H and O–H groups in total. The molecule has 0 atom stereocenters. The zero-order valence-electron chi connectivity index (χ0n) is 18.4. The van der Waals surface area contributed by atoms with Crippen LogP contribution in [0, 0.1) is 5.82 Å². The van der Waals surface area contributed by atoms with E-state index in [2.05, 4.69) is 24.8 Å². The molecule has 2 aliphatic heterocycles. The van der Waals surface area contributed by atoms with Gasteiger partial charge in [-0.15, -0.1) is 0 Å². The van der Waals surface area contributed by atoms with Crippen LogP contribution < -0.4 is 10.6 Å². The number of hydrogen-bond donors (Lipinski definition) is 1. The lowest BCUT2D eigenvalue weighted by Gasteiger charge is -2.36. The smallest absolute Gasteiger partial charge is 0.228 e. The summed E-state index contributed by atoms with van der Waals surface area (Å²) in [6.45, 7) is 9.30. The Bertz CT molecular complexity index is 1090. The number of benzene rings is 1. The molecular weight excluding hydrogens is 411 g/mol. The molecule has 2 aliphatic rings. The molecular formula is C22H29FN8O. The number of rotatable bonds is 5. The van der Waals surface area contributed by atoms with E-state index in [1.807, 2.05) is 0 Å². The molecule has 2 fully saturated rings. The number of ether oxygens (including phenoxy) is 1. The van der Waals surface area contributed by atoms with Crippen LogP contribution in [0.1, 0.15) is 0 Å². The molecule has 3 aromatic rings. The van der Waals surface area contributed by atoms with Crippen molar-refractivity contribution in [2.75, 3.05) is 76.2 Å². The third-order valence-electron chi connectivity index (χ3n) is 6.35. The van der Waals surface area contributed by atoms with Crippen molar-refractivity contribution >= 4 is 22.8 Å². The van der Waals surface area contributed by atoms with E-state index in [0.717, 1.165) is 65.6 Å². The molecule has 0 unspecified atom stereocenters. The summed E-state index contributed by atoms with van der Waals surface area (Å²) in [6, 6.07) is 6.62. The first-order valence-corrected chi connectivity index (χ1v) is 11.1. The zero-order valence-corrected chi connectivity index (χ0v) is 18.4. The highest BCUT2D eigenvalue weighted by Crippen LogP contribution is 2.33. The maximum absolute atomic E-state index is 14.6. The molecule has 2 aromatic heterocycles. The highest BCUT2D eigenvalue weighted by molar-refractivity contribution is 5.99. The number of fused-ring (bicyclic) bond motifs is 1. The Balaban J connectivity index is 1.35. The van der Waals surface area contributed by atoms with Gasteiger partial charge in [-0.1, -0.05) is 12.1 Å². The van der Waals surface area contributed by atoms with Crippen LogP contribution in [0.15, 0.2) is 24.3 Å². The van der Waals surface area contributed by atoms with Gasteiger partial charge in [-0.25, -0.2) is 9.37 Å². The minimum absolute atomic E-state index is 0.338. The number of aromatic nitrogens is 4. The van der Waals surface area contributed by atoms with E-state index in [1.54, 1.807) is 29.9 Å². The SMILES string of the molecule is Cn1nc2nc(N3CCN(CCN4CCOCC4)CC3)nc(-c3ccccc3F)c2c1N. The van der Waals surface area contributed by atoms with Gasteiger partial charge in [-0.05, 0) is 12.1 Å². The predicted molar refractivity (Wildman–Crippen MR) is 122 cm³/mol. The molecule has 4 heterocycles. The second-order valence-corrected chi connectivity index (χ2v) is 8.34. The van der Waals surface area contributed by atoms with Crippen LogP contribution >= 0.6 is 0 Å². The van der Waals surface area contributed by atoms with Gasteiger partial charge in [0.1, 0.15) is 11.6 Å². The second-order valence-electron chi connectivity index (χ2n) is 8.34. The summed E-state index contributed by atoms with van der Waals surface area (Å²) >= 11 is 0. The lowest BCUT2D eigenvalue weighted by Crippen LogP contribution is -2.49. The van der Waals surface area contributed by atoms with Crippen molar-refractivity contribution in [1.29, 1.82) is 0 Å². The second kappa shape index (κ2) is 8.97. The number of nitrogens with zero attached hydrogens (tertiary/aromatic N) is 7. The molecule has 1 aromatic carbocycles. The first kappa shape index (κ1) is 21.0. The fraction of sp³-hybridized carbons (Fsp3) is 0.500. The summed E-state index contributed by atoms with van der Waals surface area (Å²) in [4.78, 5) is 16.5. The molecule has 2 saturated heterocycles. The Morgan fingerprint density at radius 3 is 2.38 bits per heavy atom. The Morgan fingerprint density at radius 1 is 0.969 bits per heavy atom. The first-order valence-electron chi connectivity index (χ1n) is 11.1. The summed E-state index contributed by atoms with van der Waals surface area (Å²) in [5.74, 6) is 0.661. The maximum atomic E-state index is 14.6. The molecule has 0 saturated carbocycles. The number of hydrogen-bond acceptors (Lipinski definition) is 8. The van der Waals surface area contributed by atoms with Crippen LogP contribution in [0.3, 0.4) is 0 Å². The lowest BCUT2D eigenvalue weighted by molar-refractivity contribution is 0.0331. The Morgan fingerprint density at radius 2 is 1.66 bits per heavy atom. The van der Waals surface area contributed by atoms with Crippen molar-refractivity contribution in [3.05, 3.63) is 30.1 Å². The number of halogens is 1. The average Bonchev–Trinajstić information content (AvgIpc) is 3.12. The van der Waals surface area contributed by atoms with Crippen molar-refractivity contribution in [1.82, 2.24) is 29.5 Å². The molecule has 170 valence electrons. The lowest BCUT2D eigenvalue weighted by atomic mass is 10.1. The van der Waals surface area contributed by atoms with E-state index in [-0.39, 0.29) is 5.82 Å². The monoisotopic (exact) mass is 440 g/mol. The van der Waals surface area contributed by atoms with Gasteiger partial charge >= 0.3 is 0 Å². The number of piperazine rings is 1. The largest absolute Gasteiger partial charge is 0.383 e. The van der Waals surface area contributed by atoms with E-state index in [4.69, 9.17) is 15.5 Å². The summed E-state index contributed by atoms with van der Waals surface area (Å²) in [7, 11) is 1.76. The van der Waals surface area contributed by atoms with Crippen LogP contribution in [-0.2, 0) is 11.8 Å². The predicted octanol–water partition coefficient (Wildman–Crippen LogP) is 1.21. The zero-order chi connectivity index (χ0) is 22.1. The number of aryl methyl sites for hydroxylation is 1. The van der Waals surface area contributed by atoms with Gasteiger partial charge < -0.3 is 15.4 Å². The Kier molecular flexibility index (Phi) is 5.90. The minimum Gasteiger partial charge on any atom is -0.383 e. The summed E-state index contributed by atoms with van der Waals surface area (Å²) in [5, 5.41) is 5.03. The number of anilines is 2. The fourth-order valence-corrected chi connectivity index (χ4v) is 4.37. The Hall–Kier alpha value is -2.82. The highest BCUT2D eigenvalue weighted by Gasteiger charge is 2.24. The van der Waals surface area contributed by atoms with Crippen LogP contribution in [0.25, 0.3) is 22.3 Å². The molecule has 0 amide bonds. The third-order valence-corrected chi connectivity index (χ3v) is 6.35. The molecule has 5 rings (SSSR count). The minimum atomic E-state index is -0.338. The molecule has 9 nitrogen and oxygen atoms in total. The topological polar surface area (TPSA) is 88.6 Å². The van der Waals surface area contributed by atoms with Gasteiger partial charge in [0.05, 0.1) is 24.3 Å². The van der Waals surface area contributed by atoms with Gasteiger partial charge in [0, 0.05) is 65.0 Å². The van der Waals surface area contributed by atoms with Crippen LogP contribution in [0.4, 0.5) is 16.2 Å². The van der Waals surface area contributed by atoms with E-state index < -0.39 is 0 Å². The molecule has 0 bridgehead atoms. The standard InChI is InChI=1S/C22H29FN8O/c1-28-20(24)18-19(16-4-2-3-5-17(16)23)25-22(26-21(18)27-28)31-10-8-29(9-11-31)6-7-30-12-14-32-15-13-30/h2-5H,6-15,24H2,1H3.